The van der Waals surface area contributed by atoms with Gasteiger partial charge < -0.3 is 44.7 Å². The molecule has 1 saturated heterocycles. The van der Waals surface area contributed by atoms with E-state index >= 15 is 0 Å². The topological polar surface area (TPSA) is 271 Å². The van der Waals surface area contributed by atoms with Crippen molar-refractivity contribution < 1.29 is 76.7 Å². The second kappa shape index (κ2) is 32.8. The van der Waals surface area contributed by atoms with Crippen molar-refractivity contribution in [1.82, 2.24) is 35.1 Å². The number of carboxylic acids is 2. The number of unbranched alkanes of at least 4 members (excludes halogenated alkanes) is 3. The van der Waals surface area contributed by atoms with Crippen LogP contribution in [0.25, 0.3) is 0 Å². The van der Waals surface area contributed by atoms with Crippen LogP contribution >= 0.6 is 0 Å². The van der Waals surface area contributed by atoms with E-state index in [1.165, 1.54) is 12.1 Å². The van der Waals surface area contributed by atoms with Crippen LogP contribution in [-0.2, 0) is 63.8 Å². The Balaban J connectivity index is 1.94. The Labute approximate surface area is 371 Å². The van der Waals surface area contributed by atoms with Gasteiger partial charge in [0.15, 0.2) is 6.23 Å². The third kappa shape index (κ3) is 24.8. The van der Waals surface area contributed by atoms with Crippen LogP contribution in [0.2, 0.25) is 0 Å². The zero-order valence-electron chi connectivity index (χ0n) is 36.1. The number of carbonyl (C=O) groups excluding carboxylic acids is 7. The number of nitrogens with zero attached hydrogens (tertiary/aromatic N) is 5. The number of hydrogen-bond acceptors (Lipinski definition) is 17. The largest absolute Gasteiger partial charge is 0.481 e. The first-order valence-electron chi connectivity index (χ1n) is 21.1. The van der Waals surface area contributed by atoms with Crippen LogP contribution in [0.15, 0.2) is 24.3 Å². The molecule has 64 heavy (non-hydrogen) atoms. The number of urea groups is 1. The molecule has 2 atom stereocenters. The van der Waals surface area contributed by atoms with Gasteiger partial charge in [0.1, 0.15) is 37.8 Å². The van der Waals surface area contributed by atoms with Gasteiger partial charge in [0.25, 0.3) is 25.9 Å². The van der Waals surface area contributed by atoms with Gasteiger partial charge in [0.2, 0.25) is 5.91 Å². The molecule has 0 bridgehead atoms. The van der Waals surface area contributed by atoms with E-state index in [9.17, 15) is 52.6 Å². The lowest BCUT2D eigenvalue weighted by atomic mass is 10.1. The molecular formula is C41H62FN7O15. The molecule has 3 amide bonds. The predicted molar refractivity (Wildman–Crippen MR) is 222 cm³/mol. The summed E-state index contributed by atoms with van der Waals surface area (Å²) in [6.07, 6.45) is 0.988. The van der Waals surface area contributed by atoms with Gasteiger partial charge in [-0.2, -0.15) is 0 Å². The van der Waals surface area contributed by atoms with Gasteiger partial charge in [0, 0.05) is 91.1 Å². The SMILES string of the molecule is O=COCN1CCN(COC=O)CCN(CC(=O)CCCCCC(=O)N(CCCC[C@H](NC(=O)N[C@H](CCC(=O)O)C(=O)O)OC=O)Cc2ccc([18F])cc2)CCN(COC=O)CC1. The number of ether oxygens (including phenoxy) is 4. The minimum Gasteiger partial charge on any atom is -0.481 e. The highest BCUT2D eigenvalue weighted by Gasteiger charge is 2.24. The van der Waals surface area contributed by atoms with Crippen LogP contribution in [0.4, 0.5) is 9.18 Å². The maximum Gasteiger partial charge on any atom is 0.326 e. The number of carbonyl (C=O) groups is 9. The Morgan fingerprint density at radius 1 is 0.656 bits per heavy atom. The second-order valence-corrected chi connectivity index (χ2v) is 15.0. The normalized spacial score (nSPS) is 15.5. The third-order valence-electron chi connectivity index (χ3n) is 10.2. The molecule has 1 aliphatic heterocycles. The van der Waals surface area contributed by atoms with Gasteiger partial charge in [-0.3, -0.25) is 53.2 Å². The Bertz CT molecular complexity index is 1570. The van der Waals surface area contributed by atoms with Gasteiger partial charge in [-0.05, 0) is 49.8 Å². The molecule has 1 aliphatic rings. The highest BCUT2D eigenvalue weighted by molar-refractivity contribution is 5.83. The number of carboxylic acid groups (broad SMARTS) is 2. The Hall–Kier alpha value is -5.78. The minimum atomic E-state index is -1.49. The third-order valence-corrected chi connectivity index (χ3v) is 10.2. The lowest BCUT2D eigenvalue weighted by Crippen LogP contribution is -2.49. The zero-order chi connectivity index (χ0) is 47.0. The number of hydrogen-bond donors (Lipinski definition) is 4. The molecule has 23 heteroatoms. The molecule has 2 rings (SSSR count). The average Bonchev–Trinajstić information content (AvgIpc) is 3.26. The first kappa shape index (κ1) is 54.4. The Morgan fingerprint density at radius 3 is 1.69 bits per heavy atom. The van der Waals surface area contributed by atoms with Crippen molar-refractivity contribution in [3.05, 3.63) is 35.6 Å². The molecule has 1 fully saturated rings. The summed E-state index contributed by atoms with van der Waals surface area (Å²) >= 11 is 0. The molecule has 0 aromatic heterocycles. The number of benzene rings is 1. The molecular weight excluding hydrogens is 848 g/mol. The van der Waals surface area contributed by atoms with Crippen LogP contribution < -0.4 is 10.6 Å². The van der Waals surface area contributed by atoms with E-state index in [0.29, 0.717) is 109 Å². The lowest BCUT2D eigenvalue weighted by Gasteiger charge is -2.33. The number of nitrogens with one attached hydrogen (secondary N) is 2. The maximum atomic E-state index is 13.6. The lowest BCUT2D eigenvalue weighted by molar-refractivity contribution is -0.141. The predicted octanol–water partition coefficient (Wildman–Crippen LogP) is 0.574. The number of aliphatic carboxylic acids is 2. The molecule has 1 aromatic carbocycles. The van der Waals surface area contributed by atoms with E-state index in [2.05, 4.69) is 10.6 Å². The summed E-state index contributed by atoms with van der Waals surface area (Å²) in [6.45, 7) is 5.79. The van der Waals surface area contributed by atoms with Gasteiger partial charge in [-0.1, -0.05) is 18.6 Å². The van der Waals surface area contributed by atoms with Crippen LogP contribution in [0, 0.1) is 5.82 Å². The van der Waals surface area contributed by atoms with Gasteiger partial charge in [-0.15, -0.1) is 0 Å². The highest BCUT2D eigenvalue weighted by Crippen LogP contribution is 2.14. The van der Waals surface area contributed by atoms with Crippen molar-refractivity contribution in [3.8, 4) is 0 Å². The van der Waals surface area contributed by atoms with E-state index in [0.717, 1.165) is 0 Å². The number of ketones is 1. The van der Waals surface area contributed by atoms with Crippen molar-refractivity contribution in [1.29, 1.82) is 0 Å². The van der Waals surface area contributed by atoms with Crippen LogP contribution in [0.3, 0.4) is 0 Å². The minimum absolute atomic E-state index is 0.00338. The number of Topliss-reactive ketones (excluding diaryl/α,β-unsaturated/α-hetero) is 1. The molecule has 0 radical (unpaired) electrons. The van der Waals surface area contributed by atoms with Crippen molar-refractivity contribution in [2.45, 2.75) is 83.0 Å². The molecule has 0 spiro atoms. The standard InChI is InChI=1S/C41H62FN7O15/c42-34-11-9-33(10-12-34)24-49(15-5-4-7-37(64-32-53)44-41(60)43-36(40(58)59)13-14-39(56)57)38(55)8-3-1-2-6-35(54)25-45-16-18-46(26-61-29-50)20-22-48(28-63-31-52)23-21-47(19-17-45)27-62-30-51/h9-12,29-32,36-37H,1-8,13-28H2,(H,56,57)(H,58,59)(H2,43,44,60)/t36-,37-/m1/s1/i42-1. The van der Waals surface area contributed by atoms with E-state index < -0.39 is 42.5 Å². The van der Waals surface area contributed by atoms with E-state index in [1.54, 1.807) is 17.0 Å². The van der Waals surface area contributed by atoms with Crippen molar-refractivity contribution in [2.24, 2.45) is 0 Å². The smallest absolute Gasteiger partial charge is 0.326 e. The van der Waals surface area contributed by atoms with Gasteiger partial charge in [0.05, 0.1) is 6.54 Å². The van der Waals surface area contributed by atoms with Crippen molar-refractivity contribution in [2.75, 3.05) is 85.6 Å². The fraction of sp³-hybridized carbons (Fsp3) is 0.634. The summed E-state index contributed by atoms with van der Waals surface area (Å²) < 4.78 is 33.6. The second-order valence-electron chi connectivity index (χ2n) is 15.0. The molecule has 22 nitrogen and oxygen atoms in total. The summed E-state index contributed by atoms with van der Waals surface area (Å²) in [4.78, 5) is 115. The van der Waals surface area contributed by atoms with E-state index in [4.69, 9.17) is 24.1 Å². The molecule has 4 N–H and O–H groups in total. The molecule has 358 valence electrons. The summed E-state index contributed by atoms with van der Waals surface area (Å²) in [7, 11) is 0. The Kier molecular flexibility index (Phi) is 27.9. The maximum absolute atomic E-state index is 13.6. The highest BCUT2D eigenvalue weighted by atomic mass is 18.2. The number of halogens is 1. The fourth-order valence-corrected chi connectivity index (χ4v) is 6.64. The summed E-state index contributed by atoms with van der Waals surface area (Å²) in [5.74, 6) is -3.27. The first-order chi connectivity index (χ1) is 30.9. The van der Waals surface area contributed by atoms with Crippen molar-refractivity contribution >= 4 is 55.5 Å². The molecule has 0 aliphatic carbocycles. The van der Waals surface area contributed by atoms with Crippen LogP contribution in [0.1, 0.15) is 69.8 Å². The zero-order valence-corrected chi connectivity index (χ0v) is 36.1. The summed E-state index contributed by atoms with van der Waals surface area (Å²) in [5.41, 5.74) is 0.698. The first-order valence-corrected chi connectivity index (χ1v) is 21.1. The number of amides is 3. The molecule has 1 heterocycles. The van der Waals surface area contributed by atoms with Crippen molar-refractivity contribution in [3.63, 3.8) is 0 Å². The van der Waals surface area contributed by atoms with Crippen LogP contribution in [-0.4, -0.2) is 188 Å². The van der Waals surface area contributed by atoms with Gasteiger partial charge >= 0.3 is 18.0 Å². The van der Waals surface area contributed by atoms with Crippen LogP contribution in [0.5, 0.6) is 0 Å². The quantitative estimate of drug-likeness (QED) is 0.0333. The fourth-order valence-electron chi connectivity index (χ4n) is 6.64. The van der Waals surface area contributed by atoms with E-state index in [-0.39, 0.29) is 83.7 Å². The molecule has 1 aromatic rings. The summed E-state index contributed by atoms with van der Waals surface area (Å²) in [6, 6.07) is 3.27. The number of rotatable bonds is 32. The monoisotopic (exact) mass is 910 g/mol. The molecule has 0 unspecified atom stereocenters. The Morgan fingerprint density at radius 2 is 1.19 bits per heavy atom. The summed E-state index contributed by atoms with van der Waals surface area (Å²) in [5, 5.41) is 22.7. The van der Waals surface area contributed by atoms with E-state index in [1.807, 2.05) is 19.6 Å². The average molecular weight is 911 g/mol. The van der Waals surface area contributed by atoms with Gasteiger partial charge in [-0.25, -0.2) is 14.0 Å². The molecule has 0 saturated carbocycles.